The van der Waals surface area contributed by atoms with Crippen molar-refractivity contribution in [2.45, 2.75) is 59.0 Å². The van der Waals surface area contributed by atoms with Crippen LogP contribution < -0.4 is 0 Å². The Morgan fingerprint density at radius 3 is 2.47 bits per heavy atom. The Hall–Kier alpha value is -0.0900. The van der Waals surface area contributed by atoms with E-state index in [9.17, 15) is 8.42 Å². The van der Waals surface area contributed by atoms with Gasteiger partial charge < -0.3 is 0 Å². The third-order valence-corrected chi connectivity index (χ3v) is 8.16. The fraction of sp³-hybridized carbons (Fsp3) is 1.00. The van der Waals surface area contributed by atoms with Crippen molar-refractivity contribution >= 4 is 10.0 Å². The Morgan fingerprint density at radius 1 is 1.29 bits per heavy atom. The first-order valence-corrected chi connectivity index (χ1v) is 8.34. The summed E-state index contributed by atoms with van der Waals surface area (Å²) in [6.07, 6.45) is 3.42. The van der Waals surface area contributed by atoms with Gasteiger partial charge in [0.25, 0.3) is 0 Å². The molecule has 98 valence electrons. The van der Waals surface area contributed by atoms with Crippen LogP contribution in [0.1, 0.15) is 47.0 Å². The molecule has 3 nitrogen and oxygen atoms in total. The molecule has 0 aromatic carbocycles. The van der Waals surface area contributed by atoms with Crippen LogP contribution in [0.4, 0.5) is 0 Å². The third kappa shape index (κ3) is 1.19. The molecule has 17 heavy (non-hydrogen) atoms. The van der Waals surface area contributed by atoms with Crippen LogP contribution in [0.15, 0.2) is 0 Å². The average molecular weight is 257 g/mol. The van der Waals surface area contributed by atoms with Crippen LogP contribution in [-0.4, -0.2) is 30.6 Å². The number of hydrogen-bond donors (Lipinski definition) is 0. The lowest BCUT2D eigenvalue weighted by atomic mass is 9.69. The van der Waals surface area contributed by atoms with Crippen LogP contribution in [0.5, 0.6) is 0 Å². The molecule has 0 aromatic rings. The summed E-state index contributed by atoms with van der Waals surface area (Å²) in [5.41, 5.74) is 0.245. The summed E-state index contributed by atoms with van der Waals surface area (Å²) >= 11 is 0. The average Bonchev–Trinajstić information content (AvgIpc) is 2.62. The van der Waals surface area contributed by atoms with Crippen molar-refractivity contribution in [3.63, 3.8) is 0 Å². The van der Waals surface area contributed by atoms with Crippen molar-refractivity contribution in [1.29, 1.82) is 0 Å². The van der Waals surface area contributed by atoms with Gasteiger partial charge in [0.2, 0.25) is 10.0 Å². The molecule has 2 aliphatic carbocycles. The zero-order valence-electron chi connectivity index (χ0n) is 11.2. The van der Waals surface area contributed by atoms with E-state index in [0.717, 1.165) is 18.8 Å². The predicted octanol–water partition coefficient (Wildman–Crippen LogP) is 2.24. The zero-order chi connectivity index (χ0) is 12.6. The lowest BCUT2D eigenvalue weighted by molar-refractivity contribution is 0.105. The standard InChI is InChI=1S/C13H23NO2S/c1-9(2)14-11-7-10-5-6-13(11,12(10,3)4)8-17(14,15)16/h9-11H,5-8H2,1-4H3/t10?,11?,13-/m0/s1. The summed E-state index contributed by atoms with van der Waals surface area (Å²) in [4.78, 5) is 0. The third-order valence-electron chi connectivity index (χ3n) is 5.97. The van der Waals surface area contributed by atoms with Crippen LogP contribution in [0.3, 0.4) is 0 Å². The van der Waals surface area contributed by atoms with E-state index >= 15 is 0 Å². The molecule has 3 aliphatic rings. The second-order valence-corrected chi connectivity index (χ2v) is 8.92. The minimum atomic E-state index is -3.03. The van der Waals surface area contributed by atoms with E-state index in [4.69, 9.17) is 0 Å². The molecule has 0 amide bonds. The van der Waals surface area contributed by atoms with Crippen LogP contribution in [-0.2, 0) is 10.0 Å². The maximum atomic E-state index is 12.4. The fourth-order valence-electron chi connectivity index (χ4n) is 5.00. The number of nitrogens with zero attached hydrogens (tertiary/aromatic N) is 1. The first-order valence-electron chi connectivity index (χ1n) is 6.73. The molecule has 1 heterocycles. The molecule has 4 heteroatoms. The highest BCUT2D eigenvalue weighted by molar-refractivity contribution is 7.89. The SMILES string of the molecule is CC(C)N1C2CC3CC[C@@]2(CS1(=O)=O)C3(C)C. The summed E-state index contributed by atoms with van der Waals surface area (Å²) in [7, 11) is -3.03. The summed E-state index contributed by atoms with van der Waals surface area (Å²) in [6, 6.07) is 0.390. The number of rotatable bonds is 1. The van der Waals surface area contributed by atoms with Crippen molar-refractivity contribution in [2.75, 3.05) is 5.75 Å². The van der Waals surface area contributed by atoms with Gasteiger partial charge in [-0.2, -0.15) is 4.31 Å². The highest BCUT2D eigenvalue weighted by Crippen LogP contribution is 2.70. The predicted molar refractivity (Wildman–Crippen MR) is 68.1 cm³/mol. The molecule has 1 saturated heterocycles. The van der Waals surface area contributed by atoms with Gasteiger partial charge >= 0.3 is 0 Å². The van der Waals surface area contributed by atoms with Gasteiger partial charge in [0.05, 0.1) is 5.75 Å². The molecule has 3 atom stereocenters. The second kappa shape index (κ2) is 3.08. The molecule has 3 fully saturated rings. The van der Waals surface area contributed by atoms with E-state index in [1.54, 1.807) is 0 Å². The Kier molecular flexibility index (Phi) is 2.17. The van der Waals surface area contributed by atoms with E-state index in [1.165, 1.54) is 6.42 Å². The smallest absolute Gasteiger partial charge is 0.212 e. The van der Waals surface area contributed by atoms with Crippen LogP contribution in [0.2, 0.25) is 0 Å². The second-order valence-electron chi connectivity index (χ2n) is 7.04. The normalized spacial score (nSPS) is 46.6. The van der Waals surface area contributed by atoms with Crippen LogP contribution in [0, 0.1) is 16.7 Å². The van der Waals surface area contributed by atoms with Crippen LogP contribution >= 0.6 is 0 Å². The van der Waals surface area contributed by atoms with Gasteiger partial charge in [-0.25, -0.2) is 8.42 Å². The quantitative estimate of drug-likeness (QED) is 0.722. The van der Waals surface area contributed by atoms with E-state index in [0.29, 0.717) is 5.75 Å². The van der Waals surface area contributed by atoms with E-state index in [-0.39, 0.29) is 22.9 Å². The Bertz CT molecular complexity index is 454. The van der Waals surface area contributed by atoms with Gasteiger partial charge in [-0.15, -0.1) is 0 Å². The van der Waals surface area contributed by atoms with Crippen LogP contribution in [0.25, 0.3) is 0 Å². The molecule has 0 radical (unpaired) electrons. The lowest BCUT2D eigenvalue weighted by Crippen LogP contribution is -2.44. The summed E-state index contributed by atoms with van der Waals surface area (Å²) in [5, 5.41) is 0. The molecule has 2 saturated carbocycles. The summed E-state index contributed by atoms with van der Waals surface area (Å²) in [6.45, 7) is 8.61. The Morgan fingerprint density at radius 2 is 1.94 bits per heavy atom. The molecule has 3 rings (SSSR count). The van der Waals surface area contributed by atoms with Crippen molar-refractivity contribution < 1.29 is 8.42 Å². The maximum Gasteiger partial charge on any atom is 0.215 e. The molecule has 1 spiro atoms. The van der Waals surface area contributed by atoms with Gasteiger partial charge in [-0.1, -0.05) is 13.8 Å². The topological polar surface area (TPSA) is 37.4 Å². The van der Waals surface area contributed by atoms with Crippen molar-refractivity contribution in [2.24, 2.45) is 16.7 Å². The zero-order valence-corrected chi connectivity index (χ0v) is 12.0. The van der Waals surface area contributed by atoms with E-state index < -0.39 is 10.0 Å². The highest BCUT2D eigenvalue weighted by Gasteiger charge is 2.71. The number of sulfonamides is 1. The van der Waals surface area contributed by atoms with Crippen molar-refractivity contribution in [3.8, 4) is 0 Å². The largest absolute Gasteiger partial charge is 0.215 e. The molecule has 1 aliphatic heterocycles. The fourth-order valence-corrected chi connectivity index (χ4v) is 7.83. The molecular weight excluding hydrogens is 234 g/mol. The van der Waals surface area contributed by atoms with E-state index in [2.05, 4.69) is 13.8 Å². The number of hydrogen-bond acceptors (Lipinski definition) is 2. The summed E-state index contributed by atoms with van der Waals surface area (Å²) in [5.74, 6) is 1.12. The number of fused-ring (bicyclic) bond motifs is 1. The van der Waals surface area contributed by atoms with Gasteiger partial charge in [0.15, 0.2) is 0 Å². The monoisotopic (exact) mass is 257 g/mol. The van der Waals surface area contributed by atoms with Gasteiger partial charge in [-0.3, -0.25) is 0 Å². The molecule has 0 N–H and O–H groups in total. The maximum absolute atomic E-state index is 12.4. The minimum Gasteiger partial charge on any atom is -0.212 e. The van der Waals surface area contributed by atoms with Crippen molar-refractivity contribution in [1.82, 2.24) is 4.31 Å². The first-order chi connectivity index (χ1) is 7.72. The summed E-state index contributed by atoms with van der Waals surface area (Å²) < 4.78 is 26.7. The van der Waals surface area contributed by atoms with Gasteiger partial charge in [0.1, 0.15) is 0 Å². The molecule has 2 unspecified atom stereocenters. The highest BCUT2D eigenvalue weighted by atomic mass is 32.2. The molecule has 0 aromatic heterocycles. The van der Waals surface area contributed by atoms with E-state index in [1.807, 2.05) is 18.2 Å². The first kappa shape index (κ1) is 12.0. The minimum absolute atomic E-state index is 0.0424. The van der Waals surface area contributed by atoms with Gasteiger partial charge in [0, 0.05) is 17.5 Å². The Labute approximate surface area is 105 Å². The molecule has 2 bridgehead atoms. The van der Waals surface area contributed by atoms with Gasteiger partial charge in [-0.05, 0) is 44.4 Å². The Balaban J connectivity index is 2.12. The molecular formula is C13H23NO2S. The lowest BCUT2D eigenvalue weighted by Gasteiger charge is -2.38. The van der Waals surface area contributed by atoms with Crippen molar-refractivity contribution in [3.05, 3.63) is 0 Å².